The summed E-state index contributed by atoms with van der Waals surface area (Å²) in [4.78, 5) is 14.9. The number of ether oxygens (including phenoxy) is 3. The highest BCUT2D eigenvalue weighted by Gasteiger charge is 2.45. The number of hydrogen-bond acceptors (Lipinski definition) is 6. The Morgan fingerprint density at radius 3 is 2.30 bits per heavy atom. The van der Waals surface area contributed by atoms with Gasteiger partial charge in [-0.1, -0.05) is 56.3 Å². The molecule has 7 nitrogen and oxygen atoms in total. The van der Waals surface area contributed by atoms with Gasteiger partial charge < -0.3 is 14.2 Å². The molecule has 0 fully saturated rings. The van der Waals surface area contributed by atoms with E-state index in [2.05, 4.69) is 38.1 Å². The normalized spacial score (nSPS) is 14.5. The Bertz CT molecular complexity index is 917. The molecule has 3 atom stereocenters. The molecule has 30 heavy (non-hydrogen) atoms. The van der Waals surface area contributed by atoms with Crippen molar-refractivity contribution in [3.8, 4) is 16.9 Å². The molecular weight excluding hydrogens is 450 g/mol. The third kappa shape index (κ3) is 4.88. The highest BCUT2D eigenvalue weighted by molar-refractivity contribution is 9.09. The van der Waals surface area contributed by atoms with Crippen LogP contribution in [0, 0.1) is 5.41 Å². The van der Waals surface area contributed by atoms with Crippen LogP contribution in [0.5, 0.6) is 5.75 Å². The van der Waals surface area contributed by atoms with Crippen LogP contribution < -0.4 is 4.74 Å². The Morgan fingerprint density at radius 1 is 1.07 bits per heavy atom. The molecular formula is C22H24BrN3O4. The van der Waals surface area contributed by atoms with Crippen molar-refractivity contribution in [3.05, 3.63) is 67.3 Å². The molecule has 0 aliphatic rings. The number of benzene rings is 2. The third-order valence-corrected chi connectivity index (χ3v) is 6.32. The first kappa shape index (κ1) is 22.0. The first-order valence-electron chi connectivity index (χ1n) is 9.39. The van der Waals surface area contributed by atoms with E-state index in [4.69, 9.17) is 14.2 Å². The zero-order valence-corrected chi connectivity index (χ0v) is 18.6. The van der Waals surface area contributed by atoms with Crippen LogP contribution in [-0.4, -0.2) is 39.5 Å². The second-order valence-electron chi connectivity index (χ2n) is 7.30. The minimum absolute atomic E-state index is 0.404. The molecule has 1 aromatic heterocycles. The van der Waals surface area contributed by atoms with Crippen LogP contribution in [-0.2, 0) is 14.3 Å². The third-order valence-electron chi connectivity index (χ3n) is 4.92. The molecule has 1 heterocycles. The first-order chi connectivity index (χ1) is 14.5. The zero-order chi connectivity index (χ0) is 21.6. The second-order valence-corrected chi connectivity index (χ2v) is 8.13. The number of halogens is 1. The van der Waals surface area contributed by atoms with Crippen molar-refractivity contribution >= 4 is 22.4 Å². The van der Waals surface area contributed by atoms with Crippen molar-refractivity contribution < 1.29 is 19.0 Å². The van der Waals surface area contributed by atoms with Gasteiger partial charge in [-0.25, -0.2) is 9.67 Å². The Kier molecular flexibility index (Phi) is 7.23. The van der Waals surface area contributed by atoms with Gasteiger partial charge in [0.25, 0.3) is 6.47 Å². The lowest BCUT2D eigenvalue weighted by molar-refractivity contribution is -0.148. The number of methoxy groups -OCH3 is 1. The number of rotatable bonds is 10. The van der Waals surface area contributed by atoms with Gasteiger partial charge in [-0.15, -0.1) is 0 Å². The van der Waals surface area contributed by atoms with E-state index in [1.165, 1.54) is 6.33 Å². The maximum absolute atomic E-state index is 10.9. The number of hydrogen-bond donors (Lipinski definition) is 0. The van der Waals surface area contributed by atoms with Crippen LogP contribution in [0.1, 0.15) is 20.1 Å². The molecule has 2 aromatic carbocycles. The Labute approximate surface area is 184 Å². The summed E-state index contributed by atoms with van der Waals surface area (Å²) in [7, 11) is 1.58. The summed E-state index contributed by atoms with van der Waals surface area (Å²) in [5, 5.41) is 3.65. The molecule has 0 radical (unpaired) electrons. The van der Waals surface area contributed by atoms with Gasteiger partial charge in [-0.3, -0.25) is 4.79 Å². The van der Waals surface area contributed by atoms with E-state index in [9.17, 15) is 4.79 Å². The topological polar surface area (TPSA) is 75.5 Å². The minimum Gasteiger partial charge on any atom is -0.466 e. The summed E-state index contributed by atoms with van der Waals surface area (Å²) in [6, 6.07) is 17.9. The number of carbonyl (C=O) groups excluding carboxylic acids is 1. The Morgan fingerprint density at radius 2 is 1.73 bits per heavy atom. The van der Waals surface area contributed by atoms with Crippen molar-refractivity contribution in [2.75, 3.05) is 7.11 Å². The van der Waals surface area contributed by atoms with Crippen LogP contribution in [0.15, 0.2) is 67.3 Å². The number of carbonyl (C=O) groups is 1. The lowest BCUT2D eigenvalue weighted by Gasteiger charge is -2.39. The summed E-state index contributed by atoms with van der Waals surface area (Å²) in [6.45, 7) is 4.23. The predicted molar refractivity (Wildman–Crippen MR) is 116 cm³/mol. The van der Waals surface area contributed by atoms with Gasteiger partial charge in [0, 0.05) is 12.5 Å². The number of aromatic nitrogens is 3. The number of alkyl halides is 1. The van der Waals surface area contributed by atoms with Crippen molar-refractivity contribution in [2.24, 2.45) is 5.41 Å². The average molecular weight is 474 g/mol. The largest absolute Gasteiger partial charge is 0.466 e. The smallest absolute Gasteiger partial charge is 0.294 e. The molecule has 0 saturated heterocycles. The van der Waals surface area contributed by atoms with Gasteiger partial charge in [0.1, 0.15) is 24.5 Å². The van der Waals surface area contributed by atoms with Crippen LogP contribution >= 0.6 is 15.9 Å². The molecule has 8 heteroatoms. The van der Waals surface area contributed by atoms with Gasteiger partial charge in [0.2, 0.25) is 6.23 Å². The van der Waals surface area contributed by atoms with Gasteiger partial charge in [0.15, 0.2) is 5.01 Å². The second kappa shape index (κ2) is 9.86. The van der Waals surface area contributed by atoms with Crippen molar-refractivity contribution in [1.29, 1.82) is 0 Å². The van der Waals surface area contributed by atoms with Crippen LogP contribution in [0.3, 0.4) is 0 Å². The quantitative estimate of drug-likeness (QED) is 0.319. The van der Waals surface area contributed by atoms with E-state index in [-0.39, 0.29) is 0 Å². The fourth-order valence-electron chi connectivity index (χ4n) is 3.24. The average Bonchev–Trinajstić information content (AvgIpc) is 3.29. The van der Waals surface area contributed by atoms with Crippen LogP contribution in [0.25, 0.3) is 11.1 Å². The Hall–Kier alpha value is -2.71. The van der Waals surface area contributed by atoms with Gasteiger partial charge in [0.05, 0.1) is 0 Å². The standard InChI is InChI=1S/C22H24BrN3O4/c1-22(2,21(23)29-15-27)19(28-3)20(26-14-24-13-25-26)30-18-11-9-17(10-12-18)16-7-5-4-6-8-16/h4-15,19-21H,1-3H3. The zero-order valence-electron chi connectivity index (χ0n) is 17.0. The molecule has 158 valence electrons. The van der Waals surface area contributed by atoms with Gasteiger partial charge >= 0.3 is 0 Å². The molecule has 3 unspecified atom stereocenters. The van der Waals surface area contributed by atoms with Crippen LogP contribution in [0.4, 0.5) is 0 Å². The van der Waals surface area contributed by atoms with E-state index < -0.39 is 22.8 Å². The molecule has 3 aromatic rings. The van der Waals surface area contributed by atoms with Crippen LogP contribution in [0.2, 0.25) is 0 Å². The monoisotopic (exact) mass is 473 g/mol. The SMILES string of the molecule is COC(C(Oc1ccc(-c2ccccc2)cc1)n1cncn1)C(C)(C)C(Br)OC=O. The fourth-order valence-corrected chi connectivity index (χ4v) is 3.59. The van der Waals surface area contributed by atoms with E-state index in [1.807, 2.05) is 56.3 Å². The lowest BCUT2D eigenvalue weighted by atomic mass is 9.86. The molecule has 0 aliphatic heterocycles. The number of nitrogens with zero attached hydrogens (tertiary/aromatic N) is 3. The summed E-state index contributed by atoms with van der Waals surface area (Å²) < 4.78 is 18.8. The Balaban J connectivity index is 1.88. The highest BCUT2D eigenvalue weighted by Crippen LogP contribution is 2.39. The molecule has 0 spiro atoms. The van der Waals surface area contributed by atoms with E-state index >= 15 is 0 Å². The summed E-state index contributed by atoms with van der Waals surface area (Å²) in [5.41, 5.74) is 1.56. The van der Waals surface area contributed by atoms with Gasteiger partial charge in [-0.05, 0) is 39.2 Å². The molecule has 0 amide bonds. The summed E-state index contributed by atoms with van der Waals surface area (Å²) in [6.07, 6.45) is 1.82. The molecule has 0 N–H and O–H groups in total. The maximum Gasteiger partial charge on any atom is 0.294 e. The van der Waals surface area contributed by atoms with E-state index in [0.717, 1.165) is 11.1 Å². The predicted octanol–water partition coefficient (Wildman–Crippen LogP) is 4.46. The van der Waals surface area contributed by atoms with Crippen molar-refractivity contribution in [2.45, 2.75) is 31.2 Å². The van der Waals surface area contributed by atoms with Gasteiger partial charge in [-0.2, -0.15) is 5.10 Å². The fraction of sp³-hybridized carbons (Fsp3) is 0.318. The van der Waals surface area contributed by atoms with Crippen molar-refractivity contribution in [1.82, 2.24) is 14.8 Å². The lowest BCUT2D eigenvalue weighted by Crippen LogP contribution is -2.47. The first-order valence-corrected chi connectivity index (χ1v) is 10.3. The molecule has 0 bridgehead atoms. The minimum atomic E-state index is -0.656. The molecule has 3 rings (SSSR count). The molecule has 0 aliphatic carbocycles. The van der Waals surface area contributed by atoms with Crippen molar-refractivity contribution in [3.63, 3.8) is 0 Å². The summed E-state index contributed by atoms with van der Waals surface area (Å²) in [5.74, 6) is 0.649. The van der Waals surface area contributed by atoms with E-state index in [0.29, 0.717) is 12.2 Å². The molecule has 0 saturated carbocycles. The highest BCUT2D eigenvalue weighted by atomic mass is 79.9. The maximum atomic E-state index is 10.9. The van der Waals surface area contributed by atoms with E-state index in [1.54, 1.807) is 18.1 Å². The summed E-state index contributed by atoms with van der Waals surface area (Å²) >= 11 is 3.42.